The van der Waals surface area contributed by atoms with Crippen LogP contribution in [0.2, 0.25) is 0 Å². The molecule has 1 saturated carbocycles. The summed E-state index contributed by atoms with van der Waals surface area (Å²) in [6.45, 7) is 0.404. The van der Waals surface area contributed by atoms with Gasteiger partial charge in [0.1, 0.15) is 17.1 Å². The third-order valence-corrected chi connectivity index (χ3v) is 6.41. The second-order valence-corrected chi connectivity index (χ2v) is 8.44. The molecule has 1 N–H and O–H groups in total. The molecule has 0 radical (unpaired) electrons. The lowest BCUT2D eigenvalue weighted by Crippen LogP contribution is -2.20. The van der Waals surface area contributed by atoms with E-state index >= 15 is 0 Å². The molecule has 0 bridgehead atoms. The minimum absolute atomic E-state index is 0.108. The molecule has 1 aliphatic carbocycles. The molecule has 1 heterocycles. The van der Waals surface area contributed by atoms with Gasteiger partial charge in [-0.05, 0) is 36.1 Å². The number of hydrogen-bond acceptors (Lipinski definition) is 7. The van der Waals surface area contributed by atoms with Gasteiger partial charge < -0.3 is 9.47 Å². The van der Waals surface area contributed by atoms with Crippen molar-refractivity contribution in [3.63, 3.8) is 0 Å². The first-order valence-corrected chi connectivity index (χ1v) is 10.1. The number of methoxy groups -OCH3 is 1. The Morgan fingerprint density at radius 2 is 2.10 bits per heavy atom. The topological polar surface area (TPSA) is 125 Å². The van der Waals surface area contributed by atoms with Crippen molar-refractivity contribution >= 4 is 27.4 Å². The van der Waals surface area contributed by atoms with Crippen molar-refractivity contribution in [2.45, 2.75) is 17.2 Å². The highest BCUT2D eigenvalue weighted by atomic mass is 32.2. The number of nitrogens with one attached hydrogen (secondary N) is 1. The van der Waals surface area contributed by atoms with Crippen molar-refractivity contribution in [1.82, 2.24) is 0 Å². The van der Waals surface area contributed by atoms with E-state index in [1.165, 1.54) is 6.07 Å². The summed E-state index contributed by atoms with van der Waals surface area (Å²) in [6, 6.07) is 5.15. The molecule has 29 heavy (non-hydrogen) atoms. The summed E-state index contributed by atoms with van der Waals surface area (Å²) in [5, 5.41) is 11.2. The summed E-state index contributed by atoms with van der Waals surface area (Å²) in [7, 11) is -3.37. The number of hydrogen-bond donors (Lipinski definition) is 1. The number of fused-ring (bicyclic) bond motifs is 3. The predicted molar refractivity (Wildman–Crippen MR) is 98.0 cm³/mol. The zero-order chi connectivity index (χ0) is 20.9. The number of anilines is 1. The van der Waals surface area contributed by atoms with Gasteiger partial charge in [-0.25, -0.2) is 17.6 Å². The second-order valence-electron chi connectivity index (χ2n) is 6.79. The number of carbonyl (C=O) groups excluding carboxylic acids is 1. The van der Waals surface area contributed by atoms with Crippen LogP contribution in [-0.4, -0.2) is 33.0 Å². The van der Waals surface area contributed by atoms with Crippen molar-refractivity contribution in [2.24, 2.45) is 5.92 Å². The maximum atomic E-state index is 13.4. The average molecular weight is 422 g/mol. The normalized spacial score (nSPS) is 19.4. The predicted octanol–water partition coefficient (Wildman–Crippen LogP) is 2.82. The van der Waals surface area contributed by atoms with Crippen molar-refractivity contribution in [3.05, 3.63) is 57.4 Å². The first-order chi connectivity index (χ1) is 13.7. The summed E-state index contributed by atoms with van der Waals surface area (Å²) >= 11 is 0. The van der Waals surface area contributed by atoms with Crippen molar-refractivity contribution in [3.8, 4) is 5.75 Å². The summed E-state index contributed by atoms with van der Waals surface area (Å²) in [5.74, 6) is -0.910. The molecule has 0 spiro atoms. The lowest BCUT2D eigenvalue weighted by atomic mass is 10.0. The molecule has 9 nitrogen and oxygen atoms in total. The van der Waals surface area contributed by atoms with Crippen LogP contribution in [0.15, 0.2) is 35.2 Å². The molecule has 152 valence electrons. The van der Waals surface area contributed by atoms with Gasteiger partial charge in [0, 0.05) is 5.92 Å². The highest BCUT2D eigenvalue weighted by Crippen LogP contribution is 2.55. The minimum atomic E-state index is -4.52. The fourth-order valence-corrected chi connectivity index (χ4v) is 4.72. The van der Waals surface area contributed by atoms with Crippen molar-refractivity contribution < 1.29 is 32.0 Å². The van der Waals surface area contributed by atoms with Gasteiger partial charge in [0.2, 0.25) is 0 Å². The zero-order valence-electron chi connectivity index (χ0n) is 15.0. The Kier molecular flexibility index (Phi) is 4.41. The first kappa shape index (κ1) is 19.1. The number of benzene rings is 2. The van der Waals surface area contributed by atoms with Crippen LogP contribution in [-0.2, 0) is 14.8 Å². The number of nitro benzene ring substituents is 1. The Morgan fingerprint density at radius 1 is 1.34 bits per heavy atom. The molecule has 1 aliphatic heterocycles. The van der Waals surface area contributed by atoms with Gasteiger partial charge in [-0.1, -0.05) is 6.07 Å². The maximum Gasteiger partial charge on any atom is 0.343 e. The third-order valence-electron chi connectivity index (χ3n) is 4.99. The number of nitro groups is 1. The summed E-state index contributed by atoms with van der Waals surface area (Å²) in [6.07, 6.45) is 0.917. The van der Waals surface area contributed by atoms with Gasteiger partial charge in [0.25, 0.3) is 15.7 Å². The number of esters is 1. The van der Waals surface area contributed by atoms with E-state index in [0.717, 1.165) is 31.2 Å². The fourth-order valence-electron chi connectivity index (χ4n) is 3.50. The van der Waals surface area contributed by atoms with Crippen molar-refractivity contribution in [1.29, 1.82) is 0 Å². The van der Waals surface area contributed by atoms with Crippen LogP contribution in [0.5, 0.6) is 5.75 Å². The van der Waals surface area contributed by atoms with E-state index in [9.17, 15) is 27.7 Å². The summed E-state index contributed by atoms with van der Waals surface area (Å²) in [4.78, 5) is 21.8. The van der Waals surface area contributed by atoms with E-state index in [1.807, 2.05) is 0 Å². The van der Waals surface area contributed by atoms with Gasteiger partial charge in [-0.2, -0.15) is 0 Å². The van der Waals surface area contributed by atoms with E-state index in [1.54, 1.807) is 6.07 Å². The zero-order valence-corrected chi connectivity index (χ0v) is 15.9. The molecule has 1 fully saturated rings. The largest absolute Gasteiger partial charge is 0.492 e. The van der Waals surface area contributed by atoms with Gasteiger partial charge in [-0.3, -0.25) is 14.8 Å². The maximum absolute atomic E-state index is 13.4. The van der Waals surface area contributed by atoms with Crippen LogP contribution in [0.3, 0.4) is 0 Å². The van der Waals surface area contributed by atoms with Gasteiger partial charge in [0.05, 0.1) is 30.4 Å². The average Bonchev–Trinajstić information content (AvgIpc) is 3.46. The van der Waals surface area contributed by atoms with Crippen LogP contribution in [0.1, 0.15) is 28.3 Å². The molecule has 4 rings (SSSR count). The fraction of sp³-hybridized carbons (Fsp3) is 0.278. The molecule has 11 heteroatoms. The molecule has 2 atom stereocenters. The van der Waals surface area contributed by atoms with E-state index in [0.29, 0.717) is 18.6 Å². The second kappa shape index (κ2) is 6.69. The first-order valence-electron chi connectivity index (χ1n) is 8.57. The molecular formula is C18H15FN2O7S. The van der Waals surface area contributed by atoms with E-state index in [4.69, 9.17) is 9.47 Å². The Morgan fingerprint density at radius 3 is 2.79 bits per heavy atom. The SMILES string of the molecule is COC(=O)c1c(NS(=O)(=O)c2ccc(F)cc2[N+](=O)[O-])ccc2c1OCC1C[C@H]21. The molecule has 0 amide bonds. The van der Waals surface area contributed by atoms with E-state index < -0.39 is 37.3 Å². The van der Waals surface area contributed by atoms with E-state index in [-0.39, 0.29) is 22.9 Å². The molecule has 2 aromatic carbocycles. The summed E-state index contributed by atoms with van der Waals surface area (Å²) < 4.78 is 51.6. The number of halogens is 1. The number of nitrogens with zero attached hydrogens (tertiary/aromatic N) is 1. The number of ether oxygens (including phenoxy) is 2. The van der Waals surface area contributed by atoms with E-state index in [2.05, 4.69) is 4.72 Å². The molecule has 0 saturated heterocycles. The summed E-state index contributed by atoms with van der Waals surface area (Å²) in [5.41, 5.74) is -0.387. The number of rotatable bonds is 5. The van der Waals surface area contributed by atoms with Crippen LogP contribution < -0.4 is 9.46 Å². The Bertz CT molecular complexity index is 1150. The van der Waals surface area contributed by atoms with Crippen LogP contribution in [0.4, 0.5) is 15.8 Å². The van der Waals surface area contributed by atoms with Crippen LogP contribution >= 0.6 is 0 Å². The Balaban J connectivity index is 1.80. The smallest absolute Gasteiger partial charge is 0.343 e. The van der Waals surface area contributed by atoms with Gasteiger partial charge in [-0.15, -0.1) is 0 Å². The van der Waals surface area contributed by atoms with Gasteiger partial charge >= 0.3 is 5.97 Å². The monoisotopic (exact) mass is 422 g/mol. The highest BCUT2D eigenvalue weighted by molar-refractivity contribution is 7.92. The Labute approximate surface area is 164 Å². The van der Waals surface area contributed by atoms with Crippen LogP contribution in [0.25, 0.3) is 0 Å². The quantitative estimate of drug-likeness (QED) is 0.446. The van der Waals surface area contributed by atoms with Gasteiger partial charge in [0.15, 0.2) is 4.90 Å². The standard InChI is InChI=1S/C18H15FN2O7S/c1-27-18(22)16-13(4-3-11-12-6-9(12)8-28-17(11)16)20-29(25,26)15-5-2-10(19)7-14(15)21(23)24/h2-5,7,9,12,20H,6,8H2,1H3/t9?,12-/m0/s1. The molecular weight excluding hydrogens is 407 g/mol. The van der Waals surface area contributed by atoms with Crippen molar-refractivity contribution in [2.75, 3.05) is 18.4 Å². The lowest BCUT2D eigenvalue weighted by Gasteiger charge is -2.21. The molecule has 0 aromatic heterocycles. The number of sulfonamides is 1. The third kappa shape index (κ3) is 3.27. The lowest BCUT2D eigenvalue weighted by molar-refractivity contribution is -0.388. The molecule has 2 aromatic rings. The molecule has 1 unspecified atom stereocenters. The molecule has 2 aliphatic rings. The minimum Gasteiger partial charge on any atom is -0.492 e. The number of carbonyl (C=O) groups is 1. The Hall–Kier alpha value is -3.21. The van der Waals surface area contributed by atoms with Crippen LogP contribution in [0, 0.1) is 21.8 Å². The highest BCUT2D eigenvalue weighted by Gasteiger charge is 2.45.